The van der Waals surface area contributed by atoms with E-state index < -0.39 is 16.2 Å². The molecule has 2 aromatic heterocycles. The first-order valence-corrected chi connectivity index (χ1v) is 12.2. The van der Waals surface area contributed by atoms with Crippen LogP contribution in [-0.2, 0) is 30.1 Å². The van der Waals surface area contributed by atoms with Crippen molar-refractivity contribution in [2.75, 3.05) is 29.8 Å². The third-order valence-electron chi connectivity index (χ3n) is 5.09. The average molecular weight is 456 g/mol. The summed E-state index contributed by atoms with van der Waals surface area (Å²) in [7, 11) is -0.466. The number of aryl methyl sites for hydroxylation is 3. The summed E-state index contributed by atoms with van der Waals surface area (Å²) < 4.78 is 35.9. The van der Waals surface area contributed by atoms with E-state index in [0.717, 1.165) is 23.5 Å². The van der Waals surface area contributed by atoms with E-state index in [1.807, 2.05) is 20.9 Å². The second-order valence-corrected chi connectivity index (χ2v) is 9.83. The van der Waals surface area contributed by atoms with Crippen LogP contribution in [0.5, 0.6) is 0 Å². The number of urea groups is 1. The van der Waals surface area contributed by atoms with Crippen LogP contribution in [-0.4, -0.2) is 59.7 Å². The van der Waals surface area contributed by atoms with Gasteiger partial charge in [0, 0.05) is 24.7 Å². The van der Waals surface area contributed by atoms with Crippen LogP contribution in [0.2, 0.25) is 0 Å². The van der Waals surface area contributed by atoms with E-state index in [2.05, 4.69) is 24.4 Å². The van der Waals surface area contributed by atoms with Crippen LogP contribution < -0.4 is 14.3 Å². The third-order valence-corrected chi connectivity index (χ3v) is 7.58. The Morgan fingerprint density at radius 3 is 2.70 bits per heavy atom. The number of amides is 2. The molecular weight excluding hydrogens is 426 g/mol. The normalized spacial score (nSPS) is 17.7. The molecule has 2 aromatic rings. The molecule has 0 radical (unpaired) electrons. The van der Waals surface area contributed by atoms with Crippen molar-refractivity contribution >= 4 is 39.1 Å². The highest BCUT2D eigenvalue weighted by Crippen LogP contribution is 2.27. The first kappa shape index (κ1) is 22.5. The number of nitrogens with zero attached hydrogens (tertiary/aromatic N) is 5. The van der Waals surface area contributed by atoms with E-state index in [1.54, 1.807) is 17.9 Å². The molecule has 1 aliphatic rings. The quantitative estimate of drug-likeness (QED) is 0.660. The predicted molar refractivity (Wildman–Crippen MR) is 118 cm³/mol. The molecule has 166 valence electrons. The van der Waals surface area contributed by atoms with Crippen LogP contribution in [0.15, 0.2) is 12.4 Å². The summed E-state index contributed by atoms with van der Waals surface area (Å²) in [4.78, 5) is 15.7. The van der Waals surface area contributed by atoms with Gasteiger partial charge in [-0.15, -0.1) is 0 Å². The second-order valence-electron chi connectivity index (χ2n) is 7.42. The van der Waals surface area contributed by atoms with Crippen molar-refractivity contribution in [1.82, 2.24) is 23.8 Å². The molecule has 2 amide bonds. The molecule has 12 heteroatoms. The van der Waals surface area contributed by atoms with Crippen LogP contribution in [0.1, 0.15) is 37.3 Å². The molecule has 30 heavy (non-hydrogen) atoms. The minimum atomic E-state index is -4.15. The number of carbonyl (C=O) groups is 1. The van der Waals surface area contributed by atoms with Gasteiger partial charge in [0.2, 0.25) is 0 Å². The maximum absolute atomic E-state index is 13.3. The molecular formula is C18H29N7O3S2. The zero-order valence-corrected chi connectivity index (χ0v) is 19.4. The number of aromatic nitrogens is 3. The van der Waals surface area contributed by atoms with Crippen molar-refractivity contribution in [2.24, 2.45) is 7.05 Å². The highest BCUT2D eigenvalue weighted by Gasteiger charge is 2.35. The van der Waals surface area contributed by atoms with Crippen LogP contribution in [0.25, 0.3) is 0 Å². The lowest BCUT2D eigenvalue weighted by Crippen LogP contribution is -2.54. The number of piperidine rings is 1. The van der Waals surface area contributed by atoms with Gasteiger partial charge in [0.15, 0.2) is 0 Å². The number of nitrogens with one attached hydrogen (secondary N) is 2. The Labute approximate surface area is 181 Å². The molecule has 3 rings (SSSR count). The standard InChI is InChI=1S/C18H29N7O3S2/c1-5-15-17(16(6-2)29-21-15)20-18(26)22-30(27,28)25(14-10-19-24(4)12-14)13-8-7-9-23(3)11-13/h10,12-13H,5-9,11H2,1-4H3,(H2,20,22,26). The van der Waals surface area contributed by atoms with Gasteiger partial charge in [0.1, 0.15) is 0 Å². The van der Waals surface area contributed by atoms with Crippen LogP contribution in [0.3, 0.4) is 0 Å². The molecule has 2 N–H and O–H groups in total. The Hall–Kier alpha value is -2.18. The van der Waals surface area contributed by atoms with E-state index in [1.165, 1.54) is 22.0 Å². The minimum Gasteiger partial charge on any atom is -0.304 e. The molecule has 0 bridgehead atoms. The summed E-state index contributed by atoms with van der Waals surface area (Å²) >= 11 is 1.32. The van der Waals surface area contributed by atoms with E-state index in [0.29, 0.717) is 37.2 Å². The van der Waals surface area contributed by atoms with E-state index in [9.17, 15) is 13.2 Å². The highest BCUT2D eigenvalue weighted by atomic mass is 32.2. The summed E-state index contributed by atoms with van der Waals surface area (Å²) in [6, 6.07) is -1.09. The molecule has 1 saturated heterocycles. The number of anilines is 2. The smallest absolute Gasteiger partial charge is 0.304 e. The Morgan fingerprint density at radius 2 is 2.10 bits per heavy atom. The van der Waals surface area contributed by atoms with Crippen molar-refractivity contribution in [3.63, 3.8) is 0 Å². The van der Waals surface area contributed by atoms with Crippen LogP contribution >= 0.6 is 11.5 Å². The average Bonchev–Trinajstić information content (AvgIpc) is 3.26. The Morgan fingerprint density at radius 1 is 1.33 bits per heavy atom. The fourth-order valence-electron chi connectivity index (χ4n) is 3.69. The maximum atomic E-state index is 13.3. The SMILES string of the molecule is CCc1nsc(CC)c1NC(=O)NS(=O)(=O)N(c1cnn(C)c1)C1CCCN(C)C1. The lowest BCUT2D eigenvalue weighted by atomic mass is 10.1. The van der Waals surface area contributed by atoms with Crippen molar-refractivity contribution in [3.05, 3.63) is 23.0 Å². The largest absolute Gasteiger partial charge is 0.334 e. The number of likely N-dealkylation sites (tertiary alicyclic amines) is 1. The zero-order valence-electron chi connectivity index (χ0n) is 17.8. The zero-order chi connectivity index (χ0) is 21.9. The first-order chi connectivity index (χ1) is 14.2. The first-order valence-electron chi connectivity index (χ1n) is 10.0. The summed E-state index contributed by atoms with van der Waals surface area (Å²) in [6.07, 6.45) is 6.07. The molecule has 1 unspecified atom stereocenters. The topological polar surface area (TPSA) is 112 Å². The molecule has 0 aliphatic carbocycles. The van der Waals surface area contributed by atoms with Gasteiger partial charge < -0.3 is 10.2 Å². The highest BCUT2D eigenvalue weighted by molar-refractivity contribution is 7.91. The monoisotopic (exact) mass is 455 g/mol. The Bertz CT molecular complexity index is 964. The number of rotatable bonds is 7. The van der Waals surface area contributed by atoms with Gasteiger partial charge in [-0.1, -0.05) is 13.8 Å². The summed E-state index contributed by atoms with van der Waals surface area (Å²) in [5.74, 6) is 0. The molecule has 0 spiro atoms. The lowest BCUT2D eigenvalue weighted by Gasteiger charge is -2.37. The molecule has 1 aliphatic heterocycles. The fraction of sp³-hybridized carbons (Fsp3) is 0.611. The fourth-order valence-corrected chi connectivity index (χ4v) is 5.84. The van der Waals surface area contributed by atoms with E-state index in [4.69, 9.17) is 0 Å². The minimum absolute atomic E-state index is 0.293. The summed E-state index contributed by atoms with van der Waals surface area (Å²) in [5.41, 5.74) is 1.78. The second kappa shape index (κ2) is 9.31. The molecule has 1 fully saturated rings. The van der Waals surface area contributed by atoms with Gasteiger partial charge in [0.05, 0.1) is 29.3 Å². The van der Waals surface area contributed by atoms with Crippen molar-refractivity contribution in [1.29, 1.82) is 0 Å². The van der Waals surface area contributed by atoms with Gasteiger partial charge >= 0.3 is 16.2 Å². The molecule has 10 nitrogen and oxygen atoms in total. The van der Waals surface area contributed by atoms with Crippen molar-refractivity contribution < 1.29 is 13.2 Å². The number of likely N-dealkylation sites (N-methyl/N-ethyl adjacent to an activating group) is 1. The van der Waals surface area contributed by atoms with Gasteiger partial charge in [0.25, 0.3) is 0 Å². The van der Waals surface area contributed by atoms with Crippen molar-refractivity contribution in [3.8, 4) is 0 Å². The Balaban J connectivity index is 1.84. The summed E-state index contributed by atoms with van der Waals surface area (Å²) in [5, 5.41) is 6.81. The number of hydrogen-bond donors (Lipinski definition) is 2. The van der Waals surface area contributed by atoms with E-state index in [-0.39, 0.29) is 6.04 Å². The molecule has 3 heterocycles. The molecule has 0 saturated carbocycles. The number of hydrogen-bond acceptors (Lipinski definition) is 7. The maximum Gasteiger partial charge on any atom is 0.334 e. The van der Waals surface area contributed by atoms with Gasteiger partial charge in [-0.25, -0.2) is 13.8 Å². The predicted octanol–water partition coefficient (Wildman–Crippen LogP) is 1.97. The molecule has 0 aromatic carbocycles. The van der Waals surface area contributed by atoms with Crippen LogP contribution in [0.4, 0.5) is 16.2 Å². The summed E-state index contributed by atoms with van der Waals surface area (Å²) in [6.45, 7) is 5.40. The van der Waals surface area contributed by atoms with Gasteiger partial charge in [-0.05, 0) is 50.8 Å². The Kier molecular flexibility index (Phi) is 6.98. The van der Waals surface area contributed by atoms with Gasteiger partial charge in [-0.3, -0.25) is 4.68 Å². The molecule has 1 atom stereocenters. The number of carbonyl (C=O) groups excluding carboxylic acids is 1. The third kappa shape index (κ3) is 4.93. The lowest BCUT2D eigenvalue weighted by molar-refractivity contribution is 0.251. The van der Waals surface area contributed by atoms with Crippen molar-refractivity contribution in [2.45, 2.75) is 45.6 Å². The van der Waals surface area contributed by atoms with Gasteiger partial charge in [-0.2, -0.15) is 17.9 Å². The van der Waals surface area contributed by atoms with Crippen LogP contribution in [0, 0.1) is 0 Å². The van der Waals surface area contributed by atoms with E-state index >= 15 is 0 Å².